The standard InChI is InChI=1S/C17H13ClF2N2O3S/c1-7(23)6-26-15-13(9-3-2-8(19)4-12(9)20)11(18)5-10-14(15)21-17(25)22-16(10)24/h2-5,7,23H,6H2,1H3,(H2,21,22,24,25). The monoisotopic (exact) mass is 398 g/mol. The number of aliphatic hydroxyl groups is 1. The van der Waals surface area contributed by atoms with Crippen LogP contribution >= 0.6 is 23.4 Å². The van der Waals surface area contributed by atoms with Crippen LogP contribution in [0.25, 0.3) is 22.0 Å². The van der Waals surface area contributed by atoms with Crippen molar-refractivity contribution >= 4 is 34.3 Å². The Morgan fingerprint density at radius 3 is 2.62 bits per heavy atom. The molecule has 3 aromatic rings. The maximum Gasteiger partial charge on any atom is 0.326 e. The minimum Gasteiger partial charge on any atom is -0.393 e. The van der Waals surface area contributed by atoms with Gasteiger partial charge in [0, 0.05) is 27.8 Å². The van der Waals surface area contributed by atoms with Crippen LogP contribution in [0, 0.1) is 11.6 Å². The van der Waals surface area contributed by atoms with Crippen LogP contribution in [-0.4, -0.2) is 26.9 Å². The molecule has 1 atom stereocenters. The molecule has 9 heteroatoms. The Hall–Kier alpha value is -2.16. The molecule has 0 bridgehead atoms. The summed E-state index contributed by atoms with van der Waals surface area (Å²) in [7, 11) is 0. The van der Waals surface area contributed by atoms with Gasteiger partial charge in [-0.1, -0.05) is 11.6 Å². The van der Waals surface area contributed by atoms with Crippen molar-refractivity contribution in [2.24, 2.45) is 0 Å². The Balaban J connectivity index is 2.40. The first-order chi connectivity index (χ1) is 12.3. The van der Waals surface area contributed by atoms with Crippen molar-refractivity contribution in [3.05, 3.63) is 61.8 Å². The average Bonchev–Trinajstić information content (AvgIpc) is 2.54. The molecule has 0 fully saturated rings. The molecule has 0 aliphatic carbocycles. The molecule has 5 nitrogen and oxygen atoms in total. The zero-order valence-corrected chi connectivity index (χ0v) is 15.0. The Kier molecular flexibility index (Phi) is 5.17. The molecule has 1 heterocycles. The van der Waals surface area contributed by atoms with Crippen LogP contribution in [0.5, 0.6) is 0 Å². The van der Waals surface area contributed by atoms with Crippen molar-refractivity contribution in [1.29, 1.82) is 0 Å². The van der Waals surface area contributed by atoms with Gasteiger partial charge in [0.1, 0.15) is 11.6 Å². The lowest BCUT2D eigenvalue weighted by atomic mass is 10.0. The van der Waals surface area contributed by atoms with E-state index in [4.69, 9.17) is 11.6 Å². The second-order valence-electron chi connectivity index (χ2n) is 5.68. The van der Waals surface area contributed by atoms with Crippen LogP contribution in [-0.2, 0) is 0 Å². The predicted molar refractivity (Wildman–Crippen MR) is 98.0 cm³/mol. The Bertz CT molecular complexity index is 1110. The molecule has 0 amide bonds. The molecular weight excluding hydrogens is 386 g/mol. The van der Waals surface area contributed by atoms with Gasteiger partial charge < -0.3 is 10.1 Å². The summed E-state index contributed by atoms with van der Waals surface area (Å²) in [5.41, 5.74) is -0.964. The highest BCUT2D eigenvalue weighted by Crippen LogP contribution is 2.42. The van der Waals surface area contributed by atoms with E-state index in [0.717, 1.165) is 23.9 Å². The first-order valence-electron chi connectivity index (χ1n) is 7.53. The number of aromatic nitrogens is 2. The van der Waals surface area contributed by atoms with Crippen LogP contribution in [0.2, 0.25) is 5.02 Å². The molecule has 136 valence electrons. The number of aliphatic hydroxyl groups excluding tert-OH is 1. The van der Waals surface area contributed by atoms with Gasteiger partial charge >= 0.3 is 5.69 Å². The Morgan fingerprint density at radius 1 is 1.23 bits per heavy atom. The van der Waals surface area contributed by atoms with Crippen molar-refractivity contribution in [1.82, 2.24) is 9.97 Å². The third-order valence-electron chi connectivity index (χ3n) is 3.61. The number of fused-ring (bicyclic) bond motifs is 1. The third-order valence-corrected chi connectivity index (χ3v) is 5.26. The molecule has 0 aliphatic heterocycles. The van der Waals surface area contributed by atoms with Gasteiger partial charge in [-0.2, -0.15) is 0 Å². The van der Waals surface area contributed by atoms with E-state index in [1.807, 2.05) is 0 Å². The zero-order valence-electron chi connectivity index (χ0n) is 13.4. The van der Waals surface area contributed by atoms with Gasteiger partial charge in [-0.3, -0.25) is 9.78 Å². The van der Waals surface area contributed by atoms with E-state index in [9.17, 15) is 23.5 Å². The molecule has 26 heavy (non-hydrogen) atoms. The number of rotatable bonds is 4. The van der Waals surface area contributed by atoms with Gasteiger partial charge in [-0.25, -0.2) is 13.6 Å². The summed E-state index contributed by atoms with van der Waals surface area (Å²) in [4.78, 5) is 28.7. The SMILES string of the molecule is CC(O)CSc1c(-c2ccc(F)cc2F)c(Cl)cc2c(=O)[nH]c(=O)[nH]c12. The third kappa shape index (κ3) is 3.53. The van der Waals surface area contributed by atoms with Crippen molar-refractivity contribution in [2.75, 3.05) is 5.75 Å². The van der Waals surface area contributed by atoms with Gasteiger partial charge in [0.05, 0.1) is 22.0 Å². The fourth-order valence-electron chi connectivity index (χ4n) is 2.54. The molecular formula is C17H13ClF2N2O3S. The van der Waals surface area contributed by atoms with Crippen LogP contribution in [0.3, 0.4) is 0 Å². The summed E-state index contributed by atoms with van der Waals surface area (Å²) in [5, 5.41) is 9.78. The zero-order chi connectivity index (χ0) is 19.0. The highest BCUT2D eigenvalue weighted by Gasteiger charge is 2.20. The van der Waals surface area contributed by atoms with Gasteiger partial charge in [0.15, 0.2) is 0 Å². The lowest BCUT2D eigenvalue weighted by Crippen LogP contribution is -2.22. The van der Waals surface area contributed by atoms with E-state index in [-0.39, 0.29) is 32.8 Å². The second-order valence-corrected chi connectivity index (χ2v) is 7.11. The number of hydrogen-bond donors (Lipinski definition) is 3. The first-order valence-corrected chi connectivity index (χ1v) is 8.89. The minimum absolute atomic E-state index is 0.0209. The molecule has 1 unspecified atom stereocenters. The number of aromatic amines is 2. The van der Waals surface area contributed by atoms with E-state index in [1.165, 1.54) is 12.1 Å². The van der Waals surface area contributed by atoms with Crippen LogP contribution in [0.15, 0.2) is 38.8 Å². The van der Waals surface area contributed by atoms with Crippen molar-refractivity contribution < 1.29 is 13.9 Å². The molecule has 0 spiro atoms. The minimum atomic E-state index is -0.836. The number of thioether (sulfide) groups is 1. The van der Waals surface area contributed by atoms with E-state index in [2.05, 4.69) is 9.97 Å². The average molecular weight is 399 g/mol. The van der Waals surface area contributed by atoms with E-state index in [1.54, 1.807) is 6.92 Å². The number of hydrogen-bond acceptors (Lipinski definition) is 4. The molecule has 0 saturated carbocycles. The molecule has 3 N–H and O–H groups in total. The van der Waals surface area contributed by atoms with Crippen LogP contribution < -0.4 is 11.2 Å². The smallest absolute Gasteiger partial charge is 0.326 e. The highest BCUT2D eigenvalue weighted by molar-refractivity contribution is 7.99. The number of nitrogens with one attached hydrogen (secondary N) is 2. The summed E-state index contributed by atoms with van der Waals surface area (Å²) < 4.78 is 27.6. The first kappa shape index (κ1) is 18.6. The summed E-state index contributed by atoms with van der Waals surface area (Å²) >= 11 is 7.41. The van der Waals surface area contributed by atoms with Gasteiger partial charge in [-0.15, -0.1) is 11.8 Å². The summed E-state index contributed by atoms with van der Waals surface area (Å²) in [6.45, 7) is 1.56. The Labute approximate surface area is 155 Å². The molecule has 2 aromatic carbocycles. The molecule has 0 aliphatic rings. The number of halogens is 3. The van der Waals surface area contributed by atoms with Gasteiger partial charge in [-0.05, 0) is 25.1 Å². The molecule has 3 rings (SSSR count). The number of benzene rings is 2. The number of H-pyrrole nitrogens is 2. The maximum absolute atomic E-state index is 14.4. The molecule has 1 aromatic heterocycles. The summed E-state index contributed by atoms with van der Waals surface area (Å²) in [6.07, 6.45) is -0.700. The molecule has 0 saturated heterocycles. The predicted octanol–water partition coefficient (Wildman–Crippen LogP) is 3.29. The normalized spacial score (nSPS) is 12.5. The summed E-state index contributed by atoms with van der Waals surface area (Å²) in [6, 6.07) is 4.35. The van der Waals surface area contributed by atoms with Crippen LogP contribution in [0.1, 0.15) is 6.92 Å². The second kappa shape index (κ2) is 7.22. The van der Waals surface area contributed by atoms with E-state index in [0.29, 0.717) is 4.90 Å². The lowest BCUT2D eigenvalue weighted by Gasteiger charge is -2.16. The maximum atomic E-state index is 14.4. The Morgan fingerprint density at radius 2 is 1.96 bits per heavy atom. The lowest BCUT2D eigenvalue weighted by molar-refractivity contribution is 0.220. The van der Waals surface area contributed by atoms with Crippen molar-refractivity contribution in [3.63, 3.8) is 0 Å². The molecule has 0 radical (unpaired) electrons. The quantitative estimate of drug-likeness (QED) is 0.589. The topological polar surface area (TPSA) is 85.9 Å². The van der Waals surface area contributed by atoms with Crippen molar-refractivity contribution in [3.8, 4) is 11.1 Å². The highest BCUT2D eigenvalue weighted by atomic mass is 35.5. The van der Waals surface area contributed by atoms with Crippen LogP contribution in [0.4, 0.5) is 8.78 Å². The van der Waals surface area contributed by atoms with E-state index >= 15 is 0 Å². The van der Waals surface area contributed by atoms with Gasteiger partial charge in [0.25, 0.3) is 5.56 Å². The fourth-order valence-corrected chi connectivity index (χ4v) is 3.98. The summed E-state index contributed by atoms with van der Waals surface area (Å²) in [5.74, 6) is -1.37. The van der Waals surface area contributed by atoms with Crippen molar-refractivity contribution in [2.45, 2.75) is 17.9 Å². The fraction of sp³-hybridized carbons (Fsp3) is 0.176. The largest absolute Gasteiger partial charge is 0.393 e. The van der Waals surface area contributed by atoms with E-state index < -0.39 is 29.0 Å². The van der Waals surface area contributed by atoms with Gasteiger partial charge in [0.2, 0.25) is 0 Å².